The highest BCUT2D eigenvalue weighted by molar-refractivity contribution is 9.10. The molecule has 1 aromatic heterocycles. The van der Waals surface area contributed by atoms with E-state index in [0.717, 1.165) is 36.5 Å². The van der Waals surface area contributed by atoms with Crippen LogP contribution in [0.1, 0.15) is 17.1 Å². The molecule has 0 bridgehead atoms. The summed E-state index contributed by atoms with van der Waals surface area (Å²) in [5, 5.41) is 3.36. The molecule has 108 valence electrons. The van der Waals surface area contributed by atoms with Crippen molar-refractivity contribution in [3.05, 3.63) is 52.0 Å². The monoisotopic (exact) mass is 337 g/mol. The molecule has 5 heteroatoms. The quantitative estimate of drug-likeness (QED) is 0.789. The van der Waals surface area contributed by atoms with Crippen LogP contribution in [0.15, 0.2) is 34.9 Å². The smallest absolute Gasteiger partial charge is 0.106 e. The third-order valence-electron chi connectivity index (χ3n) is 3.16. The first-order valence-corrected chi connectivity index (χ1v) is 7.45. The van der Waals surface area contributed by atoms with E-state index < -0.39 is 0 Å². The maximum absolute atomic E-state index is 5.03. The van der Waals surface area contributed by atoms with Crippen LogP contribution >= 0.6 is 15.9 Å². The van der Waals surface area contributed by atoms with Gasteiger partial charge in [-0.2, -0.15) is 0 Å². The lowest BCUT2D eigenvalue weighted by molar-refractivity contribution is 0.199. The second-order valence-corrected chi connectivity index (χ2v) is 5.60. The Morgan fingerprint density at radius 3 is 3.00 bits per heavy atom. The number of aryl methyl sites for hydroxylation is 1. The van der Waals surface area contributed by atoms with Gasteiger partial charge in [-0.15, -0.1) is 0 Å². The third kappa shape index (κ3) is 4.16. The van der Waals surface area contributed by atoms with Gasteiger partial charge in [-0.25, -0.2) is 4.98 Å². The number of imidazole rings is 1. The van der Waals surface area contributed by atoms with Gasteiger partial charge in [0, 0.05) is 37.4 Å². The van der Waals surface area contributed by atoms with E-state index in [1.54, 1.807) is 7.11 Å². The number of hydrogen-bond donors (Lipinski definition) is 1. The number of hydrogen-bond acceptors (Lipinski definition) is 3. The van der Waals surface area contributed by atoms with Gasteiger partial charge in [-0.05, 0) is 24.6 Å². The second-order valence-electron chi connectivity index (χ2n) is 4.68. The molecule has 0 atom stereocenters. The van der Waals surface area contributed by atoms with E-state index in [-0.39, 0.29) is 0 Å². The molecule has 0 fully saturated rings. The first kappa shape index (κ1) is 15.2. The molecule has 0 saturated heterocycles. The molecule has 0 aliphatic rings. The van der Waals surface area contributed by atoms with E-state index in [0.29, 0.717) is 0 Å². The lowest BCUT2D eigenvalue weighted by Gasteiger charge is -2.11. The Morgan fingerprint density at radius 1 is 1.40 bits per heavy atom. The van der Waals surface area contributed by atoms with Gasteiger partial charge in [0.2, 0.25) is 0 Å². The number of ether oxygens (including phenoxy) is 1. The Kier molecular flexibility index (Phi) is 5.76. The van der Waals surface area contributed by atoms with E-state index >= 15 is 0 Å². The van der Waals surface area contributed by atoms with Crippen molar-refractivity contribution in [3.63, 3.8) is 0 Å². The van der Waals surface area contributed by atoms with Crippen LogP contribution in [0.25, 0.3) is 0 Å². The third-order valence-corrected chi connectivity index (χ3v) is 3.65. The Balaban J connectivity index is 2.05. The zero-order valence-corrected chi connectivity index (χ0v) is 13.5. The van der Waals surface area contributed by atoms with Crippen molar-refractivity contribution in [2.24, 2.45) is 0 Å². The number of benzene rings is 1. The number of halogens is 1. The van der Waals surface area contributed by atoms with Crippen LogP contribution in [-0.4, -0.2) is 29.8 Å². The molecule has 0 saturated carbocycles. The van der Waals surface area contributed by atoms with Crippen molar-refractivity contribution in [2.45, 2.75) is 20.0 Å². The summed E-state index contributed by atoms with van der Waals surface area (Å²) < 4.78 is 8.38. The summed E-state index contributed by atoms with van der Waals surface area (Å²) in [6, 6.07) is 8.37. The molecule has 2 aromatic rings. The minimum absolute atomic E-state index is 0.721. The number of rotatable bonds is 7. The number of aromatic nitrogens is 2. The summed E-state index contributed by atoms with van der Waals surface area (Å²) in [6.07, 6.45) is 1.94. The molecule has 20 heavy (non-hydrogen) atoms. The van der Waals surface area contributed by atoms with Gasteiger partial charge in [0.05, 0.1) is 12.3 Å². The molecule has 4 nitrogen and oxygen atoms in total. The van der Waals surface area contributed by atoms with Crippen molar-refractivity contribution < 1.29 is 4.74 Å². The summed E-state index contributed by atoms with van der Waals surface area (Å²) in [7, 11) is 1.71. The van der Waals surface area contributed by atoms with Crippen LogP contribution in [0.2, 0.25) is 0 Å². The fourth-order valence-corrected chi connectivity index (χ4v) is 2.53. The SMILES string of the molecule is COCCNCc1cnc(C)n1Cc1cccc(Br)c1. The standard InChI is InChI=1S/C15H20BrN3O/c1-12-18-10-15(9-17-6-7-20-2)19(12)11-13-4-3-5-14(16)8-13/h3-5,8,10,17H,6-7,9,11H2,1-2H3. The Labute approximate surface area is 128 Å². The van der Waals surface area contributed by atoms with Crippen LogP contribution in [0.3, 0.4) is 0 Å². The lowest BCUT2D eigenvalue weighted by atomic mass is 10.2. The normalized spacial score (nSPS) is 10.9. The molecular weight excluding hydrogens is 318 g/mol. The van der Waals surface area contributed by atoms with Gasteiger partial charge in [-0.1, -0.05) is 28.1 Å². The summed E-state index contributed by atoms with van der Waals surface area (Å²) in [5.74, 6) is 1.04. The van der Waals surface area contributed by atoms with Crippen molar-refractivity contribution in [1.29, 1.82) is 0 Å². The van der Waals surface area contributed by atoms with Gasteiger partial charge >= 0.3 is 0 Å². The van der Waals surface area contributed by atoms with Gasteiger partial charge in [0.15, 0.2) is 0 Å². The number of nitrogens with zero attached hydrogens (tertiary/aromatic N) is 2. The number of methoxy groups -OCH3 is 1. The molecule has 2 rings (SSSR count). The van der Waals surface area contributed by atoms with Crippen LogP contribution in [0.4, 0.5) is 0 Å². The lowest BCUT2D eigenvalue weighted by Crippen LogP contribution is -2.21. The molecule has 0 radical (unpaired) electrons. The summed E-state index contributed by atoms with van der Waals surface area (Å²) in [5.41, 5.74) is 2.46. The Morgan fingerprint density at radius 2 is 2.25 bits per heavy atom. The van der Waals surface area contributed by atoms with Crippen molar-refractivity contribution in [2.75, 3.05) is 20.3 Å². The van der Waals surface area contributed by atoms with E-state index in [1.165, 1.54) is 11.3 Å². The van der Waals surface area contributed by atoms with E-state index in [4.69, 9.17) is 4.74 Å². The van der Waals surface area contributed by atoms with Crippen LogP contribution < -0.4 is 5.32 Å². The Hall–Kier alpha value is -1.17. The van der Waals surface area contributed by atoms with Gasteiger partial charge < -0.3 is 14.6 Å². The van der Waals surface area contributed by atoms with E-state index in [2.05, 4.69) is 49.0 Å². The molecule has 1 aromatic carbocycles. The molecule has 1 heterocycles. The Bertz CT molecular complexity index is 554. The number of nitrogens with one attached hydrogen (secondary N) is 1. The summed E-state index contributed by atoms with van der Waals surface area (Å²) in [6.45, 7) is 5.25. The van der Waals surface area contributed by atoms with E-state index in [9.17, 15) is 0 Å². The predicted molar refractivity (Wildman–Crippen MR) is 83.8 cm³/mol. The summed E-state index contributed by atoms with van der Waals surface area (Å²) in [4.78, 5) is 4.41. The maximum Gasteiger partial charge on any atom is 0.106 e. The molecule has 0 unspecified atom stereocenters. The maximum atomic E-state index is 5.03. The topological polar surface area (TPSA) is 39.1 Å². The molecule has 0 aliphatic carbocycles. The first-order chi connectivity index (χ1) is 9.70. The highest BCUT2D eigenvalue weighted by Crippen LogP contribution is 2.15. The zero-order valence-electron chi connectivity index (χ0n) is 11.9. The average Bonchev–Trinajstić information content (AvgIpc) is 2.76. The molecule has 1 N–H and O–H groups in total. The van der Waals surface area contributed by atoms with Crippen molar-refractivity contribution in [1.82, 2.24) is 14.9 Å². The molecular formula is C15H20BrN3O. The van der Waals surface area contributed by atoms with Crippen molar-refractivity contribution in [3.8, 4) is 0 Å². The average molecular weight is 338 g/mol. The van der Waals surface area contributed by atoms with E-state index in [1.807, 2.05) is 19.2 Å². The minimum atomic E-state index is 0.721. The molecule has 0 aliphatic heterocycles. The van der Waals surface area contributed by atoms with Gasteiger partial charge in [0.25, 0.3) is 0 Å². The fraction of sp³-hybridized carbons (Fsp3) is 0.400. The van der Waals surface area contributed by atoms with Crippen molar-refractivity contribution >= 4 is 15.9 Å². The van der Waals surface area contributed by atoms with Gasteiger partial charge in [-0.3, -0.25) is 0 Å². The van der Waals surface area contributed by atoms with Crippen LogP contribution in [0.5, 0.6) is 0 Å². The first-order valence-electron chi connectivity index (χ1n) is 6.66. The van der Waals surface area contributed by atoms with Crippen LogP contribution in [0, 0.1) is 6.92 Å². The zero-order chi connectivity index (χ0) is 14.4. The fourth-order valence-electron chi connectivity index (χ4n) is 2.08. The summed E-state index contributed by atoms with van der Waals surface area (Å²) >= 11 is 3.51. The van der Waals surface area contributed by atoms with Gasteiger partial charge in [0.1, 0.15) is 5.82 Å². The predicted octanol–water partition coefficient (Wildman–Crippen LogP) is 2.74. The van der Waals surface area contributed by atoms with Crippen LogP contribution in [-0.2, 0) is 17.8 Å². The largest absolute Gasteiger partial charge is 0.383 e. The molecule has 0 spiro atoms. The second kappa shape index (κ2) is 7.57. The minimum Gasteiger partial charge on any atom is -0.383 e. The highest BCUT2D eigenvalue weighted by atomic mass is 79.9. The molecule has 0 amide bonds. The highest BCUT2D eigenvalue weighted by Gasteiger charge is 2.07.